The van der Waals surface area contributed by atoms with Crippen LogP contribution < -0.4 is 10.9 Å². The lowest BCUT2D eigenvalue weighted by Gasteiger charge is -2.11. The largest absolute Gasteiger partial charge is 0.508 e. The molecule has 0 radical (unpaired) electrons. The van der Waals surface area contributed by atoms with E-state index >= 15 is 0 Å². The zero-order valence-electron chi connectivity index (χ0n) is 16.6. The number of phenolic OH excluding ortho intramolecular Hbond substituents is 1. The lowest BCUT2D eigenvalue weighted by molar-refractivity contribution is 0.0950. The smallest absolute Gasteiger partial charge is 0.293 e. The van der Waals surface area contributed by atoms with Crippen molar-refractivity contribution in [1.82, 2.24) is 9.88 Å². The number of nitrogens with zero attached hydrogens (tertiary/aromatic N) is 1. The zero-order chi connectivity index (χ0) is 22.4. The van der Waals surface area contributed by atoms with Crippen LogP contribution in [0.2, 0.25) is 10.0 Å². The van der Waals surface area contributed by atoms with Crippen molar-refractivity contribution < 1.29 is 15.0 Å². The first kappa shape index (κ1) is 22.7. The summed E-state index contributed by atoms with van der Waals surface area (Å²) in [5.41, 5.74) is 0.966. The van der Waals surface area contributed by atoms with Crippen LogP contribution in [0.15, 0.2) is 59.5 Å². The fraction of sp³-hybridized carbons (Fsp3) is 0.217. The van der Waals surface area contributed by atoms with Gasteiger partial charge < -0.3 is 20.1 Å². The number of carbonyl (C=O) groups excluding carboxylic acids is 1. The van der Waals surface area contributed by atoms with E-state index in [4.69, 9.17) is 23.2 Å². The SMILES string of the molecule is O=C(NCCCc1ccc(Cl)c(Cl)c1)c1ccn(CCc2ccccc2O)c(=O)c1O. The van der Waals surface area contributed by atoms with Gasteiger partial charge in [-0.2, -0.15) is 0 Å². The van der Waals surface area contributed by atoms with Crippen molar-refractivity contribution in [3.63, 3.8) is 0 Å². The highest BCUT2D eigenvalue weighted by Gasteiger charge is 2.15. The molecule has 0 atom stereocenters. The van der Waals surface area contributed by atoms with Gasteiger partial charge in [-0.25, -0.2) is 0 Å². The number of halogens is 2. The predicted molar refractivity (Wildman–Crippen MR) is 121 cm³/mol. The van der Waals surface area contributed by atoms with Crippen LogP contribution in [0.3, 0.4) is 0 Å². The number of benzene rings is 2. The highest BCUT2D eigenvalue weighted by molar-refractivity contribution is 6.42. The Kier molecular flexibility index (Phi) is 7.60. The Labute approximate surface area is 189 Å². The Morgan fingerprint density at radius 3 is 2.52 bits per heavy atom. The number of hydrogen-bond donors (Lipinski definition) is 3. The molecule has 0 aliphatic carbocycles. The van der Waals surface area contributed by atoms with Gasteiger partial charge in [0.2, 0.25) is 0 Å². The standard InChI is InChI=1S/C23H22Cl2N2O4/c24-18-8-7-15(14-19(18)25)4-3-11-26-22(30)17-10-13-27(23(31)21(17)29)12-9-16-5-1-2-6-20(16)28/h1-2,5-8,10,13-14,28-29H,3-4,9,11-12H2,(H,26,30). The third-order valence-electron chi connectivity index (χ3n) is 4.91. The Balaban J connectivity index is 1.56. The molecule has 0 saturated heterocycles. The molecule has 3 rings (SSSR count). The molecule has 31 heavy (non-hydrogen) atoms. The quantitative estimate of drug-likeness (QED) is 0.439. The Hall–Kier alpha value is -2.96. The lowest BCUT2D eigenvalue weighted by Crippen LogP contribution is -2.28. The van der Waals surface area contributed by atoms with E-state index < -0.39 is 17.2 Å². The number of aromatic nitrogens is 1. The van der Waals surface area contributed by atoms with Crippen LogP contribution in [0, 0.1) is 0 Å². The van der Waals surface area contributed by atoms with Crippen molar-refractivity contribution in [2.24, 2.45) is 0 Å². The van der Waals surface area contributed by atoms with E-state index in [0.29, 0.717) is 41.4 Å². The summed E-state index contributed by atoms with van der Waals surface area (Å²) in [6.07, 6.45) is 3.22. The average molecular weight is 461 g/mol. The molecule has 6 nitrogen and oxygen atoms in total. The molecule has 0 aliphatic rings. The molecule has 1 amide bonds. The Morgan fingerprint density at radius 2 is 1.77 bits per heavy atom. The monoisotopic (exact) mass is 460 g/mol. The molecule has 8 heteroatoms. The van der Waals surface area contributed by atoms with Crippen LogP contribution in [0.1, 0.15) is 27.9 Å². The summed E-state index contributed by atoms with van der Waals surface area (Å²) in [6, 6.07) is 13.6. The summed E-state index contributed by atoms with van der Waals surface area (Å²) < 4.78 is 1.31. The van der Waals surface area contributed by atoms with Gasteiger partial charge >= 0.3 is 0 Å². The highest BCUT2D eigenvalue weighted by Crippen LogP contribution is 2.23. The topological polar surface area (TPSA) is 91.6 Å². The fourth-order valence-corrected chi connectivity index (χ4v) is 3.49. The maximum atomic E-state index is 12.4. The maximum absolute atomic E-state index is 12.4. The normalized spacial score (nSPS) is 10.8. The summed E-state index contributed by atoms with van der Waals surface area (Å²) in [4.78, 5) is 24.8. The minimum Gasteiger partial charge on any atom is -0.508 e. The van der Waals surface area contributed by atoms with Crippen molar-refractivity contribution >= 4 is 29.1 Å². The number of amides is 1. The molecular weight excluding hydrogens is 439 g/mol. The average Bonchev–Trinajstić information content (AvgIpc) is 2.75. The molecule has 1 heterocycles. The summed E-state index contributed by atoms with van der Waals surface area (Å²) in [5.74, 6) is -0.963. The van der Waals surface area contributed by atoms with Crippen LogP contribution in [0.4, 0.5) is 0 Å². The number of para-hydroxylation sites is 1. The molecular formula is C23H22Cl2N2O4. The van der Waals surface area contributed by atoms with Gasteiger partial charge in [0.1, 0.15) is 5.75 Å². The molecule has 2 aromatic carbocycles. The van der Waals surface area contributed by atoms with Crippen molar-refractivity contribution in [1.29, 1.82) is 0 Å². The molecule has 0 fully saturated rings. The highest BCUT2D eigenvalue weighted by atomic mass is 35.5. The number of phenols is 1. The summed E-state index contributed by atoms with van der Waals surface area (Å²) in [5, 5.41) is 23.7. The molecule has 1 aromatic heterocycles. The van der Waals surface area contributed by atoms with Crippen LogP contribution in [0.5, 0.6) is 11.5 Å². The second-order valence-corrected chi connectivity index (χ2v) is 7.88. The Bertz CT molecular complexity index is 1140. The van der Waals surface area contributed by atoms with Crippen molar-refractivity contribution in [3.8, 4) is 11.5 Å². The lowest BCUT2D eigenvalue weighted by atomic mass is 10.1. The van der Waals surface area contributed by atoms with Gasteiger partial charge in [0.25, 0.3) is 11.5 Å². The van der Waals surface area contributed by atoms with Gasteiger partial charge in [-0.1, -0.05) is 47.5 Å². The van der Waals surface area contributed by atoms with Gasteiger partial charge in [-0.15, -0.1) is 0 Å². The maximum Gasteiger partial charge on any atom is 0.293 e. The van der Waals surface area contributed by atoms with Crippen LogP contribution in [-0.2, 0) is 19.4 Å². The first-order valence-electron chi connectivity index (χ1n) is 9.78. The van der Waals surface area contributed by atoms with Crippen molar-refractivity contribution in [3.05, 3.63) is 91.8 Å². The van der Waals surface area contributed by atoms with Crippen LogP contribution >= 0.6 is 23.2 Å². The molecule has 0 bridgehead atoms. The van der Waals surface area contributed by atoms with E-state index in [-0.39, 0.29) is 17.9 Å². The summed E-state index contributed by atoms with van der Waals surface area (Å²) in [7, 11) is 0. The van der Waals surface area contributed by atoms with Gasteiger partial charge in [0, 0.05) is 19.3 Å². The minimum atomic E-state index is -0.654. The number of aryl methyl sites for hydroxylation is 3. The number of nitrogens with one attached hydrogen (secondary N) is 1. The molecule has 0 spiro atoms. The zero-order valence-corrected chi connectivity index (χ0v) is 18.2. The molecule has 3 aromatic rings. The molecule has 0 saturated carbocycles. The Morgan fingerprint density at radius 1 is 1.00 bits per heavy atom. The third-order valence-corrected chi connectivity index (χ3v) is 5.65. The van der Waals surface area contributed by atoms with Gasteiger partial charge in [0.15, 0.2) is 5.75 Å². The van der Waals surface area contributed by atoms with Gasteiger partial charge in [-0.3, -0.25) is 9.59 Å². The number of rotatable bonds is 8. The molecule has 162 valence electrons. The van der Waals surface area contributed by atoms with E-state index in [2.05, 4.69) is 5.32 Å². The first-order chi connectivity index (χ1) is 14.9. The fourth-order valence-electron chi connectivity index (χ4n) is 3.17. The van der Waals surface area contributed by atoms with E-state index in [1.165, 1.54) is 16.8 Å². The number of carbonyl (C=O) groups is 1. The van der Waals surface area contributed by atoms with Gasteiger partial charge in [0.05, 0.1) is 15.6 Å². The summed E-state index contributed by atoms with van der Waals surface area (Å²) >= 11 is 11.9. The van der Waals surface area contributed by atoms with Crippen LogP contribution in [0.25, 0.3) is 0 Å². The van der Waals surface area contributed by atoms with E-state index in [1.807, 2.05) is 6.07 Å². The molecule has 0 aliphatic heterocycles. The third kappa shape index (κ3) is 5.81. The van der Waals surface area contributed by atoms with Crippen molar-refractivity contribution in [2.45, 2.75) is 25.8 Å². The number of pyridine rings is 1. The summed E-state index contributed by atoms with van der Waals surface area (Å²) in [6.45, 7) is 0.629. The second-order valence-electron chi connectivity index (χ2n) is 7.06. The second kappa shape index (κ2) is 10.4. The van der Waals surface area contributed by atoms with Crippen LogP contribution in [-0.4, -0.2) is 27.2 Å². The van der Waals surface area contributed by atoms with E-state index in [9.17, 15) is 19.8 Å². The number of hydrogen-bond acceptors (Lipinski definition) is 4. The van der Waals surface area contributed by atoms with Gasteiger partial charge in [-0.05, 0) is 54.7 Å². The van der Waals surface area contributed by atoms with E-state index in [1.54, 1.807) is 36.4 Å². The predicted octanol–water partition coefficient (Wildman–Crippen LogP) is 4.17. The van der Waals surface area contributed by atoms with E-state index in [0.717, 1.165) is 5.56 Å². The van der Waals surface area contributed by atoms with Crippen molar-refractivity contribution in [2.75, 3.05) is 6.54 Å². The molecule has 0 unspecified atom stereocenters. The first-order valence-corrected chi connectivity index (χ1v) is 10.5. The molecule has 3 N–H and O–H groups in total. The minimum absolute atomic E-state index is 0.0710. The number of aromatic hydroxyl groups is 2.